The first kappa shape index (κ1) is 30.6. The highest BCUT2D eigenvalue weighted by Crippen LogP contribution is 2.27. The lowest BCUT2D eigenvalue weighted by atomic mass is 9.93. The van der Waals surface area contributed by atoms with Crippen LogP contribution in [0.3, 0.4) is 0 Å². The van der Waals surface area contributed by atoms with Crippen molar-refractivity contribution in [2.75, 3.05) is 13.2 Å². The SMILES string of the molecule is Cc1ccc(C(C(=O)NC2CCCCC2)N(CCO)C(=O)C(CC(C)C)NC(=O)OC(C)(C)C)cc1C. The summed E-state index contributed by atoms with van der Waals surface area (Å²) in [6, 6.07) is 3.96. The third kappa shape index (κ3) is 9.65. The summed E-state index contributed by atoms with van der Waals surface area (Å²) in [5.74, 6) is -0.593. The van der Waals surface area contributed by atoms with Gasteiger partial charge in [-0.25, -0.2) is 4.79 Å². The summed E-state index contributed by atoms with van der Waals surface area (Å²) in [6.07, 6.45) is 4.79. The minimum Gasteiger partial charge on any atom is -0.444 e. The van der Waals surface area contributed by atoms with Gasteiger partial charge in [-0.3, -0.25) is 9.59 Å². The molecule has 1 fully saturated rings. The lowest BCUT2D eigenvalue weighted by molar-refractivity contribution is -0.143. The van der Waals surface area contributed by atoms with E-state index in [1.54, 1.807) is 20.8 Å². The van der Waals surface area contributed by atoms with Gasteiger partial charge < -0.3 is 25.4 Å². The molecule has 0 aromatic heterocycles. The molecule has 1 aromatic rings. The summed E-state index contributed by atoms with van der Waals surface area (Å²) in [4.78, 5) is 41.8. The maximum Gasteiger partial charge on any atom is 0.408 e. The molecule has 2 rings (SSSR count). The third-order valence-electron chi connectivity index (χ3n) is 6.68. The Morgan fingerprint density at radius 3 is 2.27 bits per heavy atom. The van der Waals surface area contributed by atoms with Gasteiger partial charge in [-0.05, 0) is 76.5 Å². The average molecular weight is 518 g/mol. The summed E-state index contributed by atoms with van der Waals surface area (Å²) in [5, 5.41) is 15.8. The highest BCUT2D eigenvalue weighted by molar-refractivity contribution is 5.92. The molecule has 8 heteroatoms. The lowest BCUT2D eigenvalue weighted by Gasteiger charge is -2.36. The molecule has 1 aliphatic rings. The Balaban J connectivity index is 2.45. The predicted octanol–water partition coefficient (Wildman–Crippen LogP) is 4.55. The zero-order valence-electron chi connectivity index (χ0n) is 23.7. The second-order valence-corrected chi connectivity index (χ2v) is 11.7. The number of hydrogen-bond acceptors (Lipinski definition) is 5. The van der Waals surface area contributed by atoms with Crippen LogP contribution in [-0.4, -0.2) is 58.8 Å². The molecule has 1 saturated carbocycles. The van der Waals surface area contributed by atoms with Crippen molar-refractivity contribution in [3.63, 3.8) is 0 Å². The second kappa shape index (κ2) is 13.8. The van der Waals surface area contributed by atoms with E-state index >= 15 is 0 Å². The van der Waals surface area contributed by atoms with Crippen molar-refractivity contribution < 1.29 is 24.2 Å². The number of benzene rings is 1. The van der Waals surface area contributed by atoms with E-state index in [9.17, 15) is 19.5 Å². The van der Waals surface area contributed by atoms with E-state index in [4.69, 9.17) is 4.74 Å². The number of aliphatic hydroxyl groups excluding tert-OH is 1. The number of ether oxygens (including phenoxy) is 1. The van der Waals surface area contributed by atoms with Gasteiger partial charge in [0.25, 0.3) is 0 Å². The first-order valence-corrected chi connectivity index (χ1v) is 13.6. The van der Waals surface area contributed by atoms with Gasteiger partial charge in [0.2, 0.25) is 11.8 Å². The van der Waals surface area contributed by atoms with Gasteiger partial charge in [-0.1, -0.05) is 51.3 Å². The van der Waals surface area contributed by atoms with Crippen LogP contribution in [0.4, 0.5) is 4.79 Å². The molecule has 208 valence electrons. The maximum atomic E-state index is 14.0. The van der Waals surface area contributed by atoms with E-state index in [1.807, 2.05) is 45.9 Å². The first-order chi connectivity index (χ1) is 17.3. The molecule has 3 N–H and O–H groups in total. The molecular weight excluding hydrogens is 470 g/mol. The molecule has 2 atom stereocenters. The van der Waals surface area contributed by atoms with Crippen LogP contribution in [0.2, 0.25) is 0 Å². The quantitative estimate of drug-likeness (QED) is 0.422. The summed E-state index contributed by atoms with van der Waals surface area (Å²) < 4.78 is 5.41. The van der Waals surface area contributed by atoms with Crippen LogP contribution in [-0.2, 0) is 14.3 Å². The Labute approximate surface area is 222 Å². The van der Waals surface area contributed by atoms with Crippen molar-refractivity contribution in [3.05, 3.63) is 34.9 Å². The van der Waals surface area contributed by atoms with E-state index in [0.717, 1.165) is 43.2 Å². The van der Waals surface area contributed by atoms with Crippen LogP contribution in [0.15, 0.2) is 18.2 Å². The molecule has 8 nitrogen and oxygen atoms in total. The molecule has 0 spiro atoms. The van der Waals surface area contributed by atoms with Gasteiger partial charge in [0.15, 0.2) is 0 Å². The van der Waals surface area contributed by atoms with Crippen LogP contribution in [0.1, 0.15) is 95.9 Å². The van der Waals surface area contributed by atoms with Crippen LogP contribution >= 0.6 is 0 Å². The van der Waals surface area contributed by atoms with Crippen molar-refractivity contribution >= 4 is 17.9 Å². The van der Waals surface area contributed by atoms with Gasteiger partial charge in [-0.15, -0.1) is 0 Å². The van der Waals surface area contributed by atoms with Crippen LogP contribution < -0.4 is 10.6 Å². The monoisotopic (exact) mass is 517 g/mol. The highest BCUT2D eigenvalue weighted by atomic mass is 16.6. The van der Waals surface area contributed by atoms with Crippen molar-refractivity contribution in [1.82, 2.24) is 15.5 Å². The standard InChI is InChI=1S/C29H47N3O5/c1-19(2)17-24(31-28(36)37-29(5,6)7)27(35)32(15-16-33)25(22-14-13-20(3)21(4)18-22)26(34)30-23-11-9-8-10-12-23/h13-14,18-19,23-25,33H,8-12,15-17H2,1-7H3,(H,30,34)(H,31,36). The lowest BCUT2D eigenvalue weighted by Crippen LogP contribution is -2.54. The van der Waals surface area contributed by atoms with E-state index in [-0.39, 0.29) is 31.0 Å². The molecule has 0 saturated heterocycles. The summed E-state index contributed by atoms with van der Waals surface area (Å²) >= 11 is 0. The Morgan fingerprint density at radius 2 is 1.73 bits per heavy atom. The van der Waals surface area contributed by atoms with Crippen molar-refractivity contribution in [2.45, 2.75) is 111 Å². The number of amides is 3. The number of aliphatic hydroxyl groups is 1. The minimum absolute atomic E-state index is 0.0426. The number of carbonyl (C=O) groups excluding carboxylic acids is 3. The van der Waals surface area contributed by atoms with E-state index in [2.05, 4.69) is 10.6 Å². The molecular formula is C29H47N3O5. The Kier molecular flexibility index (Phi) is 11.4. The summed E-state index contributed by atoms with van der Waals surface area (Å²) in [7, 11) is 0. The van der Waals surface area contributed by atoms with E-state index in [1.165, 1.54) is 4.90 Å². The van der Waals surface area contributed by atoms with Gasteiger partial charge in [-0.2, -0.15) is 0 Å². The average Bonchev–Trinajstić information content (AvgIpc) is 2.79. The predicted molar refractivity (Wildman–Crippen MR) is 145 cm³/mol. The van der Waals surface area contributed by atoms with Crippen LogP contribution in [0.5, 0.6) is 0 Å². The Morgan fingerprint density at radius 1 is 1.08 bits per heavy atom. The molecule has 2 unspecified atom stereocenters. The van der Waals surface area contributed by atoms with Crippen molar-refractivity contribution in [3.8, 4) is 0 Å². The topological polar surface area (TPSA) is 108 Å². The van der Waals surface area contributed by atoms with Gasteiger partial charge in [0.1, 0.15) is 17.7 Å². The smallest absolute Gasteiger partial charge is 0.408 e. The number of rotatable bonds is 10. The summed E-state index contributed by atoms with van der Waals surface area (Å²) in [6.45, 7) is 12.8. The Bertz CT molecular complexity index is 919. The number of alkyl carbamates (subject to hydrolysis) is 1. The normalized spacial score (nSPS) is 16.1. The summed E-state index contributed by atoms with van der Waals surface area (Å²) in [5.41, 5.74) is 2.05. The number of aryl methyl sites for hydroxylation is 2. The van der Waals surface area contributed by atoms with Crippen molar-refractivity contribution in [2.24, 2.45) is 5.92 Å². The third-order valence-corrected chi connectivity index (χ3v) is 6.68. The van der Waals surface area contributed by atoms with Crippen LogP contribution in [0.25, 0.3) is 0 Å². The molecule has 0 radical (unpaired) electrons. The number of carbonyl (C=O) groups is 3. The maximum absolute atomic E-state index is 14.0. The fourth-order valence-corrected chi connectivity index (χ4v) is 4.75. The molecule has 3 amide bonds. The van der Waals surface area contributed by atoms with E-state index < -0.39 is 29.7 Å². The van der Waals surface area contributed by atoms with Gasteiger partial charge >= 0.3 is 6.09 Å². The molecule has 0 bridgehead atoms. The highest BCUT2D eigenvalue weighted by Gasteiger charge is 2.37. The molecule has 1 aliphatic carbocycles. The molecule has 37 heavy (non-hydrogen) atoms. The number of nitrogens with one attached hydrogen (secondary N) is 2. The molecule has 1 aromatic carbocycles. The van der Waals surface area contributed by atoms with E-state index in [0.29, 0.717) is 12.0 Å². The fraction of sp³-hybridized carbons (Fsp3) is 0.690. The number of hydrogen-bond donors (Lipinski definition) is 3. The minimum atomic E-state index is -0.934. The first-order valence-electron chi connectivity index (χ1n) is 13.6. The van der Waals surface area contributed by atoms with Gasteiger partial charge in [0.05, 0.1) is 6.61 Å². The molecule has 0 heterocycles. The zero-order chi connectivity index (χ0) is 27.8. The number of nitrogens with zero attached hydrogens (tertiary/aromatic N) is 1. The Hall–Kier alpha value is -2.61. The second-order valence-electron chi connectivity index (χ2n) is 11.7. The van der Waals surface area contributed by atoms with Crippen molar-refractivity contribution in [1.29, 1.82) is 0 Å². The zero-order valence-corrected chi connectivity index (χ0v) is 23.7. The van der Waals surface area contributed by atoms with Crippen LogP contribution in [0, 0.1) is 19.8 Å². The molecule has 0 aliphatic heterocycles. The van der Waals surface area contributed by atoms with Gasteiger partial charge in [0, 0.05) is 12.6 Å². The largest absolute Gasteiger partial charge is 0.444 e. The fourth-order valence-electron chi connectivity index (χ4n) is 4.75.